The van der Waals surface area contributed by atoms with Gasteiger partial charge >= 0.3 is 6.36 Å². The molecule has 0 aliphatic rings. The van der Waals surface area contributed by atoms with Gasteiger partial charge in [0.25, 0.3) is 0 Å². The molecule has 0 amide bonds. The normalized spacial score (nSPS) is 12.4. The predicted octanol–water partition coefficient (Wildman–Crippen LogP) is 1.22. The van der Waals surface area contributed by atoms with Crippen molar-refractivity contribution in [3.05, 3.63) is 29.8 Å². The van der Waals surface area contributed by atoms with Crippen LogP contribution < -0.4 is 14.8 Å². The van der Waals surface area contributed by atoms with Crippen molar-refractivity contribution in [1.82, 2.24) is 10.0 Å². The maximum atomic E-state index is 12.0. The van der Waals surface area contributed by atoms with E-state index in [2.05, 4.69) is 14.8 Å². The summed E-state index contributed by atoms with van der Waals surface area (Å²) in [6.07, 6.45) is -3.67. The summed E-state index contributed by atoms with van der Waals surface area (Å²) in [6.45, 7) is 0.871. The van der Waals surface area contributed by atoms with Gasteiger partial charge in [-0.15, -0.1) is 13.2 Å². The molecule has 0 aliphatic heterocycles. The van der Waals surface area contributed by atoms with E-state index in [1.807, 2.05) is 0 Å². The van der Waals surface area contributed by atoms with Crippen LogP contribution in [0.3, 0.4) is 0 Å². The molecule has 0 saturated heterocycles. The summed E-state index contributed by atoms with van der Waals surface area (Å²) < 4.78 is 63.7. The second-order valence-corrected chi connectivity index (χ2v) is 5.87. The van der Waals surface area contributed by atoms with E-state index in [9.17, 15) is 21.6 Å². The third kappa shape index (κ3) is 7.97. The first-order chi connectivity index (χ1) is 9.16. The Morgan fingerprint density at radius 1 is 1.25 bits per heavy atom. The molecule has 1 aromatic carbocycles. The van der Waals surface area contributed by atoms with Crippen LogP contribution in [0.2, 0.25) is 0 Å². The summed E-state index contributed by atoms with van der Waals surface area (Å²) in [5, 5.41) is 2.90. The van der Waals surface area contributed by atoms with Crippen LogP contribution in [-0.4, -0.2) is 34.1 Å². The number of ether oxygens (including phenoxy) is 1. The molecule has 0 spiro atoms. The lowest BCUT2D eigenvalue weighted by Crippen LogP contribution is -2.30. The van der Waals surface area contributed by atoms with Gasteiger partial charge < -0.3 is 10.1 Å². The van der Waals surface area contributed by atoms with E-state index in [-0.39, 0.29) is 12.3 Å². The van der Waals surface area contributed by atoms with Crippen molar-refractivity contribution in [2.24, 2.45) is 0 Å². The number of nitrogens with one attached hydrogen (secondary N) is 2. The predicted molar refractivity (Wildman–Crippen MR) is 67.7 cm³/mol. The Morgan fingerprint density at radius 2 is 1.95 bits per heavy atom. The molecule has 20 heavy (non-hydrogen) atoms. The van der Waals surface area contributed by atoms with Gasteiger partial charge in [-0.3, -0.25) is 0 Å². The summed E-state index contributed by atoms with van der Waals surface area (Å²) in [5.41, 5.74) is 0.603. The van der Waals surface area contributed by atoms with Gasteiger partial charge in [-0.2, -0.15) is 0 Å². The Balaban J connectivity index is 2.39. The topological polar surface area (TPSA) is 67.4 Å². The Kier molecular flexibility index (Phi) is 5.78. The van der Waals surface area contributed by atoms with E-state index in [1.165, 1.54) is 18.2 Å². The molecule has 0 bridgehead atoms. The number of alkyl halides is 3. The van der Waals surface area contributed by atoms with Crippen LogP contribution in [0.5, 0.6) is 5.75 Å². The Morgan fingerprint density at radius 3 is 2.55 bits per heavy atom. The van der Waals surface area contributed by atoms with Gasteiger partial charge in [0.05, 0.1) is 6.26 Å². The average Bonchev–Trinajstić information content (AvgIpc) is 2.25. The number of rotatable bonds is 7. The zero-order valence-corrected chi connectivity index (χ0v) is 11.5. The minimum absolute atomic E-state index is 0.206. The molecular formula is C11H15F3N2O3S. The summed E-state index contributed by atoms with van der Waals surface area (Å²) in [7, 11) is -3.23. The third-order valence-electron chi connectivity index (χ3n) is 2.13. The lowest BCUT2D eigenvalue weighted by molar-refractivity contribution is -0.274. The Bertz CT molecular complexity index is 532. The molecule has 0 saturated carbocycles. The van der Waals surface area contributed by atoms with Crippen LogP contribution >= 0.6 is 0 Å². The molecule has 0 unspecified atom stereocenters. The molecule has 0 fully saturated rings. The number of benzene rings is 1. The van der Waals surface area contributed by atoms with E-state index >= 15 is 0 Å². The second kappa shape index (κ2) is 6.91. The highest BCUT2D eigenvalue weighted by Gasteiger charge is 2.31. The first-order valence-electron chi connectivity index (χ1n) is 5.66. The molecule has 0 aliphatic carbocycles. The molecule has 0 aromatic heterocycles. The van der Waals surface area contributed by atoms with Crippen LogP contribution in [0, 0.1) is 0 Å². The molecule has 1 rings (SSSR count). The van der Waals surface area contributed by atoms with Crippen molar-refractivity contribution in [1.29, 1.82) is 0 Å². The lowest BCUT2D eigenvalue weighted by Gasteiger charge is -2.10. The van der Waals surface area contributed by atoms with Gasteiger partial charge in [-0.1, -0.05) is 12.1 Å². The van der Waals surface area contributed by atoms with Crippen LogP contribution in [0.1, 0.15) is 5.56 Å². The second-order valence-electron chi connectivity index (χ2n) is 4.04. The molecule has 2 N–H and O–H groups in total. The molecule has 1 aromatic rings. The highest BCUT2D eigenvalue weighted by molar-refractivity contribution is 7.88. The van der Waals surface area contributed by atoms with Gasteiger partial charge in [0.2, 0.25) is 10.0 Å². The smallest absolute Gasteiger partial charge is 0.406 e. The summed E-state index contributed by atoms with van der Waals surface area (Å²) in [6, 6.07) is 5.57. The SMILES string of the molecule is CS(=O)(=O)NCCNCc1cccc(OC(F)(F)F)c1. The fourth-order valence-corrected chi connectivity index (χ4v) is 1.88. The first-order valence-corrected chi connectivity index (χ1v) is 7.55. The van der Waals surface area contributed by atoms with Crippen LogP contribution in [0.15, 0.2) is 24.3 Å². The Labute approximate surface area is 115 Å². The third-order valence-corrected chi connectivity index (χ3v) is 2.86. The number of sulfonamides is 1. The largest absolute Gasteiger partial charge is 0.573 e. The number of hydrogen-bond donors (Lipinski definition) is 2. The summed E-state index contributed by atoms with van der Waals surface area (Å²) in [5.74, 6) is -0.286. The lowest BCUT2D eigenvalue weighted by atomic mass is 10.2. The molecule has 5 nitrogen and oxygen atoms in total. The van der Waals surface area contributed by atoms with Crippen LogP contribution in [0.25, 0.3) is 0 Å². The molecular weight excluding hydrogens is 297 g/mol. The maximum Gasteiger partial charge on any atom is 0.573 e. The van der Waals surface area contributed by atoms with E-state index in [0.29, 0.717) is 18.7 Å². The van der Waals surface area contributed by atoms with Crippen molar-refractivity contribution in [3.8, 4) is 5.75 Å². The van der Waals surface area contributed by atoms with Gasteiger partial charge in [-0.05, 0) is 17.7 Å². The zero-order chi connectivity index (χ0) is 15.2. The van der Waals surface area contributed by atoms with Crippen molar-refractivity contribution < 1.29 is 26.3 Å². The molecule has 0 heterocycles. The highest BCUT2D eigenvalue weighted by atomic mass is 32.2. The van der Waals surface area contributed by atoms with Gasteiger partial charge in [-0.25, -0.2) is 13.1 Å². The Hall–Kier alpha value is -1.32. The fraction of sp³-hybridized carbons (Fsp3) is 0.455. The quantitative estimate of drug-likeness (QED) is 0.743. The van der Waals surface area contributed by atoms with Gasteiger partial charge in [0.15, 0.2) is 0 Å². The zero-order valence-electron chi connectivity index (χ0n) is 10.7. The van der Waals surface area contributed by atoms with Crippen molar-refractivity contribution in [3.63, 3.8) is 0 Å². The van der Waals surface area contributed by atoms with Crippen molar-refractivity contribution in [2.45, 2.75) is 12.9 Å². The minimum atomic E-state index is -4.72. The fourth-order valence-electron chi connectivity index (χ4n) is 1.41. The molecule has 114 valence electrons. The maximum absolute atomic E-state index is 12.0. The van der Waals surface area contributed by atoms with Crippen LogP contribution in [-0.2, 0) is 16.6 Å². The van der Waals surface area contributed by atoms with Crippen molar-refractivity contribution in [2.75, 3.05) is 19.3 Å². The van der Waals surface area contributed by atoms with Gasteiger partial charge in [0, 0.05) is 19.6 Å². The summed E-state index contributed by atoms with van der Waals surface area (Å²) >= 11 is 0. The average molecular weight is 312 g/mol. The minimum Gasteiger partial charge on any atom is -0.406 e. The van der Waals surface area contributed by atoms with E-state index in [1.54, 1.807) is 6.07 Å². The van der Waals surface area contributed by atoms with E-state index in [4.69, 9.17) is 0 Å². The van der Waals surface area contributed by atoms with Crippen molar-refractivity contribution >= 4 is 10.0 Å². The van der Waals surface area contributed by atoms with Crippen LogP contribution in [0.4, 0.5) is 13.2 Å². The van der Waals surface area contributed by atoms with E-state index < -0.39 is 16.4 Å². The number of hydrogen-bond acceptors (Lipinski definition) is 4. The monoisotopic (exact) mass is 312 g/mol. The first kappa shape index (κ1) is 16.7. The molecule has 9 heteroatoms. The van der Waals surface area contributed by atoms with E-state index in [0.717, 1.165) is 6.26 Å². The van der Waals surface area contributed by atoms with Gasteiger partial charge in [0.1, 0.15) is 5.75 Å². The summed E-state index contributed by atoms with van der Waals surface area (Å²) in [4.78, 5) is 0. The number of halogens is 3. The highest BCUT2D eigenvalue weighted by Crippen LogP contribution is 2.23. The molecule has 0 atom stereocenters. The molecule has 0 radical (unpaired) electrons. The standard InChI is InChI=1S/C11H15F3N2O3S/c1-20(17,18)16-6-5-15-8-9-3-2-4-10(7-9)19-11(12,13)14/h2-4,7,15-16H,5-6,8H2,1H3.